The summed E-state index contributed by atoms with van der Waals surface area (Å²) < 4.78 is 0. The molecule has 0 heterocycles. The molecule has 1 aliphatic rings. The van der Waals surface area contributed by atoms with Gasteiger partial charge in [-0.25, -0.2) is 0 Å². The van der Waals surface area contributed by atoms with Crippen molar-refractivity contribution in [2.75, 3.05) is 0 Å². The Labute approximate surface area is 82.3 Å². The molecular weight excluding hydrogens is 172 g/mol. The van der Waals surface area contributed by atoms with E-state index in [4.69, 9.17) is 0 Å². The van der Waals surface area contributed by atoms with Gasteiger partial charge in [0.1, 0.15) is 5.76 Å². The zero-order valence-corrected chi connectivity index (χ0v) is 7.91. The van der Waals surface area contributed by atoms with Crippen molar-refractivity contribution in [3.05, 3.63) is 47.5 Å². The predicted octanol–water partition coefficient (Wildman–Crippen LogP) is 3.60. The van der Waals surface area contributed by atoms with E-state index in [1.54, 1.807) is 0 Å². The largest absolute Gasteiger partial charge is 0.507 e. The summed E-state index contributed by atoms with van der Waals surface area (Å²) in [6, 6.07) is 12.2. The number of aliphatic hydroxyl groups excluding tert-OH is 1. The number of hydrogen-bond acceptors (Lipinski definition) is 1. The average molecular weight is 182 g/mol. The lowest BCUT2D eigenvalue weighted by Gasteiger charge is -2.00. The Bertz CT molecular complexity index is 518. The van der Waals surface area contributed by atoms with Crippen LogP contribution in [-0.4, -0.2) is 5.11 Å². The van der Waals surface area contributed by atoms with Crippen molar-refractivity contribution in [2.45, 2.75) is 6.92 Å². The van der Waals surface area contributed by atoms with E-state index in [2.05, 4.69) is 18.2 Å². The van der Waals surface area contributed by atoms with E-state index in [1.165, 1.54) is 10.8 Å². The van der Waals surface area contributed by atoms with E-state index in [0.717, 1.165) is 16.7 Å². The van der Waals surface area contributed by atoms with Crippen molar-refractivity contribution in [1.29, 1.82) is 0 Å². The summed E-state index contributed by atoms with van der Waals surface area (Å²) >= 11 is 0. The highest BCUT2D eigenvalue weighted by Gasteiger charge is 2.19. The van der Waals surface area contributed by atoms with Crippen LogP contribution in [0.4, 0.5) is 0 Å². The van der Waals surface area contributed by atoms with Crippen LogP contribution in [0.2, 0.25) is 0 Å². The zero-order chi connectivity index (χ0) is 9.71. The summed E-state index contributed by atoms with van der Waals surface area (Å²) in [6.45, 7) is 1.96. The molecule has 0 unspecified atom stereocenters. The van der Waals surface area contributed by atoms with Crippen molar-refractivity contribution in [1.82, 2.24) is 0 Å². The molecule has 0 aromatic heterocycles. The topological polar surface area (TPSA) is 20.2 Å². The van der Waals surface area contributed by atoms with E-state index in [9.17, 15) is 5.11 Å². The third-order valence-electron chi connectivity index (χ3n) is 2.92. The molecule has 1 heteroatoms. The minimum absolute atomic E-state index is 0.428. The van der Waals surface area contributed by atoms with Gasteiger partial charge in [0.15, 0.2) is 0 Å². The average Bonchev–Trinajstić information content (AvgIpc) is 2.47. The highest BCUT2D eigenvalue weighted by atomic mass is 16.3. The van der Waals surface area contributed by atoms with E-state index >= 15 is 0 Å². The second-order valence-corrected chi connectivity index (χ2v) is 3.68. The first-order chi connectivity index (χ1) is 6.79. The molecule has 0 fully saturated rings. The second-order valence-electron chi connectivity index (χ2n) is 3.68. The lowest BCUT2D eigenvalue weighted by molar-refractivity contribution is 0.515. The summed E-state index contributed by atoms with van der Waals surface area (Å²) in [4.78, 5) is 0. The van der Waals surface area contributed by atoms with Gasteiger partial charge in [0.2, 0.25) is 0 Å². The van der Waals surface area contributed by atoms with Crippen LogP contribution in [-0.2, 0) is 0 Å². The molecule has 0 saturated heterocycles. The molecule has 0 aliphatic heterocycles. The van der Waals surface area contributed by atoms with Gasteiger partial charge >= 0.3 is 0 Å². The van der Waals surface area contributed by atoms with Gasteiger partial charge in [0.25, 0.3) is 0 Å². The number of allylic oxidation sites excluding steroid dienone is 1. The third kappa shape index (κ3) is 0.746. The van der Waals surface area contributed by atoms with Crippen molar-refractivity contribution >= 4 is 22.1 Å². The smallest absolute Gasteiger partial charge is 0.126 e. The van der Waals surface area contributed by atoms with Gasteiger partial charge < -0.3 is 5.11 Å². The maximum absolute atomic E-state index is 9.91. The lowest BCUT2D eigenvalue weighted by atomic mass is 10.0. The molecule has 2 aromatic rings. The monoisotopic (exact) mass is 182 g/mol. The van der Waals surface area contributed by atoms with Gasteiger partial charge in [-0.2, -0.15) is 0 Å². The maximum Gasteiger partial charge on any atom is 0.126 e. The van der Waals surface area contributed by atoms with Gasteiger partial charge in [0, 0.05) is 10.9 Å². The zero-order valence-electron chi connectivity index (χ0n) is 7.91. The Balaban J connectivity index is 2.59. The molecule has 0 atom stereocenters. The Morgan fingerprint density at radius 3 is 2.29 bits per heavy atom. The molecule has 0 radical (unpaired) electrons. The second kappa shape index (κ2) is 2.38. The van der Waals surface area contributed by atoms with Crippen LogP contribution >= 0.6 is 0 Å². The molecule has 0 bridgehead atoms. The highest BCUT2D eigenvalue weighted by Crippen LogP contribution is 2.39. The summed E-state index contributed by atoms with van der Waals surface area (Å²) in [5.74, 6) is 0.428. The van der Waals surface area contributed by atoms with Crippen LogP contribution in [0, 0.1) is 0 Å². The van der Waals surface area contributed by atoms with Crippen LogP contribution in [0.1, 0.15) is 18.1 Å². The van der Waals surface area contributed by atoms with Crippen molar-refractivity contribution in [3.8, 4) is 0 Å². The molecule has 0 spiro atoms. The van der Waals surface area contributed by atoms with Crippen LogP contribution in [0.15, 0.2) is 36.4 Å². The lowest BCUT2D eigenvalue weighted by Crippen LogP contribution is -1.79. The van der Waals surface area contributed by atoms with Gasteiger partial charge in [-0.3, -0.25) is 0 Å². The van der Waals surface area contributed by atoms with Crippen LogP contribution in [0.25, 0.3) is 22.1 Å². The van der Waals surface area contributed by atoms with E-state index in [0.29, 0.717) is 5.76 Å². The minimum atomic E-state index is 0.428. The van der Waals surface area contributed by atoms with Crippen molar-refractivity contribution in [3.63, 3.8) is 0 Å². The molecular formula is C13H10O. The highest BCUT2D eigenvalue weighted by molar-refractivity contribution is 6.11. The molecule has 3 rings (SSSR count). The first kappa shape index (κ1) is 7.63. The molecule has 68 valence electrons. The van der Waals surface area contributed by atoms with E-state index in [-0.39, 0.29) is 0 Å². The molecule has 2 aromatic carbocycles. The fourth-order valence-corrected chi connectivity index (χ4v) is 2.18. The predicted molar refractivity (Wildman–Crippen MR) is 59.1 cm³/mol. The molecule has 1 N–H and O–H groups in total. The van der Waals surface area contributed by atoms with Crippen LogP contribution < -0.4 is 0 Å². The van der Waals surface area contributed by atoms with Crippen molar-refractivity contribution in [2.24, 2.45) is 0 Å². The number of hydrogen-bond donors (Lipinski definition) is 1. The SMILES string of the molecule is CC1=C(O)c2cccc3cccc1c23. The summed E-state index contributed by atoms with van der Waals surface area (Å²) in [7, 11) is 0. The molecule has 1 nitrogen and oxygen atoms in total. The molecule has 0 saturated carbocycles. The quantitative estimate of drug-likeness (QED) is 0.660. The van der Waals surface area contributed by atoms with Gasteiger partial charge in [0.05, 0.1) is 0 Å². The fraction of sp³-hybridized carbons (Fsp3) is 0.0769. The number of rotatable bonds is 0. The van der Waals surface area contributed by atoms with Crippen LogP contribution in [0.5, 0.6) is 0 Å². The Morgan fingerprint density at radius 2 is 1.57 bits per heavy atom. The summed E-state index contributed by atoms with van der Waals surface area (Å²) in [5, 5.41) is 12.3. The maximum atomic E-state index is 9.91. The summed E-state index contributed by atoms with van der Waals surface area (Å²) in [5.41, 5.74) is 3.11. The molecule has 1 aliphatic carbocycles. The van der Waals surface area contributed by atoms with Gasteiger partial charge in [-0.05, 0) is 23.4 Å². The first-order valence-corrected chi connectivity index (χ1v) is 4.71. The fourth-order valence-electron chi connectivity index (χ4n) is 2.18. The Morgan fingerprint density at radius 1 is 0.929 bits per heavy atom. The van der Waals surface area contributed by atoms with E-state index in [1.807, 2.05) is 25.1 Å². The summed E-state index contributed by atoms with van der Waals surface area (Å²) in [6.07, 6.45) is 0. The standard InChI is InChI=1S/C13H10O/c1-8-10-6-2-4-9-5-3-7-11(12(9)10)13(8)14/h2-7,14H,1H3. The van der Waals surface area contributed by atoms with Gasteiger partial charge in [-0.1, -0.05) is 36.4 Å². The normalized spacial score (nSPS) is 14.1. The van der Waals surface area contributed by atoms with Gasteiger partial charge in [-0.15, -0.1) is 0 Å². The van der Waals surface area contributed by atoms with Crippen LogP contribution in [0.3, 0.4) is 0 Å². The number of benzene rings is 2. The molecule has 14 heavy (non-hydrogen) atoms. The minimum Gasteiger partial charge on any atom is -0.507 e. The van der Waals surface area contributed by atoms with Crippen molar-refractivity contribution < 1.29 is 5.11 Å². The number of aliphatic hydroxyl groups is 1. The third-order valence-corrected chi connectivity index (χ3v) is 2.92. The Kier molecular flexibility index (Phi) is 1.30. The molecule has 0 amide bonds. The van der Waals surface area contributed by atoms with E-state index < -0.39 is 0 Å². The Hall–Kier alpha value is -1.76. The first-order valence-electron chi connectivity index (χ1n) is 4.71.